The minimum Gasteiger partial charge on any atom is -0.310 e. The SMILES string of the molecule is CC(C)CC(C)NCc1ccc(Cl)nc1. The molecule has 1 N–H and O–H groups in total. The molecule has 0 aromatic carbocycles. The molecule has 1 heterocycles. The second-order valence-electron chi connectivity index (χ2n) is 4.40. The van der Waals surface area contributed by atoms with Gasteiger partial charge in [-0.1, -0.05) is 31.5 Å². The highest BCUT2D eigenvalue weighted by Gasteiger charge is 2.04. The van der Waals surface area contributed by atoms with E-state index in [1.807, 2.05) is 18.3 Å². The van der Waals surface area contributed by atoms with Crippen molar-refractivity contribution in [1.82, 2.24) is 10.3 Å². The quantitative estimate of drug-likeness (QED) is 0.780. The predicted molar refractivity (Wildman–Crippen MR) is 65.0 cm³/mol. The lowest BCUT2D eigenvalue weighted by atomic mass is 10.1. The van der Waals surface area contributed by atoms with Crippen molar-refractivity contribution in [3.8, 4) is 0 Å². The summed E-state index contributed by atoms with van der Waals surface area (Å²) in [6, 6.07) is 4.37. The standard InChI is InChI=1S/C12H19ClN2/c1-9(2)6-10(3)14-7-11-4-5-12(13)15-8-11/h4-5,8-10,14H,6-7H2,1-3H3. The summed E-state index contributed by atoms with van der Waals surface area (Å²) in [5, 5.41) is 4.02. The zero-order valence-corrected chi connectivity index (χ0v) is 10.4. The van der Waals surface area contributed by atoms with Crippen molar-refractivity contribution in [3.63, 3.8) is 0 Å². The van der Waals surface area contributed by atoms with Gasteiger partial charge in [0.1, 0.15) is 5.15 Å². The summed E-state index contributed by atoms with van der Waals surface area (Å²) < 4.78 is 0. The summed E-state index contributed by atoms with van der Waals surface area (Å²) in [5.41, 5.74) is 1.18. The molecule has 0 bridgehead atoms. The van der Waals surface area contributed by atoms with E-state index in [1.54, 1.807) is 0 Å². The molecule has 0 saturated carbocycles. The fraction of sp³-hybridized carbons (Fsp3) is 0.583. The van der Waals surface area contributed by atoms with Crippen molar-refractivity contribution < 1.29 is 0 Å². The lowest BCUT2D eigenvalue weighted by Gasteiger charge is -2.15. The number of nitrogens with zero attached hydrogens (tertiary/aromatic N) is 1. The van der Waals surface area contributed by atoms with Crippen molar-refractivity contribution in [1.29, 1.82) is 0 Å². The Morgan fingerprint density at radius 3 is 2.60 bits per heavy atom. The van der Waals surface area contributed by atoms with Gasteiger partial charge in [-0.05, 0) is 30.9 Å². The van der Waals surface area contributed by atoms with Crippen LogP contribution in [0.15, 0.2) is 18.3 Å². The Hall–Kier alpha value is -0.600. The molecule has 1 aromatic rings. The molecular weight excluding hydrogens is 208 g/mol. The van der Waals surface area contributed by atoms with Crippen molar-refractivity contribution in [2.75, 3.05) is 0 Å². The number of halogens is 1. The summed E-state index contributed by atoms with van der Waals surface area (Å²) in [6.07, 6.45) is 3.01. The second kappa shape index (κ2) is 6.09. The highest BCUT2D eigenvalue weighted by molar-refractivity contribution is 6.29. The zero-order valence-electron chi connectivity index (χ0n) is 9.63. The molecule has 0 amide bonds. The molecule has 0 spiro atoms. The first-order valence-electron chi connectivity index (χ1n) is 5.41. The van der Waals surface area contributed by atoms with Crippen LogP contribution in [0.5, 0.6) is 0 Å². The molecule has 0 aliphatic rings. The smallest absolute Gasteiger partial charge is 0.129 e. The van der Waals surface area contributed by atoms with E-state index in [9.17, 15) is 0 Å². The topological polar surface area (TPSA) is 24.9 Å². The van der Waals surface area contributed by atoms with Crippen LogP contribution >= 0.6 is 11.6 Å². The predicted octanol–water partition coefficient (Wildman–Crippen LogP) is 3.26. The molecule has 0 aliphatic heterocycles. The molecule has 3 heteroatoms. The molecule has 1 unspecified atom stereocenters. The Balaban J connectivity index is 2.33. The number of rotatable bonds is 5. The van der Waals surface area contributed by atoms with Crippen molar-refractivity contribution in [2.24, 2.45) is 5.92 Å². The van der Waals surface area contributed by atoms with Gasteiger partial charge in [0.05, 0.1) is 0 Å². The Bertz CT molecular complexity index is 282. The van der Waals surface area contributed by atoms with Gasteiger partial charge < -0.3 is 5.32 Å². The lowest BCUT2D eigenvalue weighted by molar-refractivity contribution is 0.441. The van der Waals surface area contributed by atoms with E-state index in [0.717, 1.165) is 12.5 Å². The molecular formula is C12H19ClN2. The van der Waals surface area contributed by atoms with Gasteiger partial charge in [-0.3, -0.25) is 0 Å². The Morgan fingerprint density at radius 1 is 1.33 bits per heavy atom. The van der Waals surface area contributed by atoms with Crippen LogP contribution in [0.3, 0.4) is 0 Å². The van der Waals surface area contributed by atoms with Gasteiger partial charge in [0.2, 0.25) is 0 Å². The van der Waals surface area contributed by atoms with Crippen LogP contribution in [0, 0.1) is 5.92 Å². The number of hydrogen-bond donors (Lipinski definition) is 1. The summed E-state index contributed by atoms with van der Waals surface area (Å²) in [4.78, 5) is 4.04. The van der Waals surface area contributed by atoms with Gasteiger partial charge in [0, 0.05) is 18.8 Å². The third-order valence-electron chi connectivity index (χ3n) is 2.27. The minimum absolute atomic E-state index is 0.542. The molecule has 0 saturated heterocycles. The summed E-state index contributed by atoms with van der Waals surface area (Å²) in [7, 11) is 0. The molecule has 1 atom stereocenters. The Morgan fingerprint density at radius 2 is 2.07 bits per heavy atom. The average Bonchev–Trinajstić information content (AvgIpc) is 2.16. The van der Waals surface area contributed by atoms with Crippen molar-refractivity contribution in [2.45, 2.75) is 39.8 Å². The van der Waals surface area contributed by atoms with E-state index in [2.05, 4.69) is 31.1 Å². The molecule has 0 aliphatic carbocycles. The first kappa shape index (κ1) is 12.5. The highest BCUT2D eigenvalue weighted by atomic mass is 35.5. The van der Waals surface area contributed by atoms with Gasteiger partial charge in [-0.15, -0.1) is 0 Å². The zero-order chi connectivity index (χ0) is 11.3. The Kier molecular flexibility index (Phi) is 5.06. The molecule has 0 fully saturated rings. The van der Waals surface area contributed by atoms with E-state index in [1.165, 1.54) is 12.0 Å². The number of nitrogens with one attached hydrogen (secondary N) is 1. The van der Waals surface area contributed by atoms with Crippen LogP contribution in [-0.2, 0) is 6.54 Å². The minimum atomic E-state index is 0.542. The number of aromatic nitrogens is 1. The van der Waals surface area contributed by atoms with E-state index < -0.39 is 0 Å². The molecule has 84 valence electrons. The second-order valence-corrected chi connectivity index (χ2v) is 4.79. The number of hydrogen-bond acceptors (Lipinski definition) is 2. The molecule has 1 aromatic heterocycles. The van der Waals surface area contributed by atoms with E-state index in [-0.39, 0.29) is 0 Å². The average molecular weight is 227 g/mol. The maximum absolute atomic E-state index is 5.71. The first-order chi connectivity index (χ1) is 7.08. The van der Waals surface area contributed by atoms with E-state index in [0.29, 0.717) is 11.2 Å². The fourth-order valence-corrected chi connectivity index (χ4v) is 1.71. The Labute approximate surface area is 97.1 Å². The van der Waals surface area contributed by atoms with Crippen molar-refractivity contribution >= 4 is 11.6 Å². The normalized spacial score (nSPS) is 13.1. The summed E-state index contributed by atoms with van der Waals surface area (Å²) >= 11 is 5.71. The van der Waals surface area contributed by atoms with Crippen LogP contribution in [0.2, 0.25) is 5.15 Å². The van der Waals surface area contributed by atoms with Crippen LogP contribution in [0.1, 0.15) is 32.8 Å². The third-order valence-corrected chi connectivity index (χ3v) is 2.49. The third kappa shape index (κ3) is 5.14. The van der Waals surface area contributed by atoms with Crippen LogP contribution in [0.4, 0.5) is 0 Å². The summed E-state index contributed by atoms with van der Waals surface area (Å²) in [6.45, 7) is 7.55. The number of pyridine rings is 1. The highest BCUT2D eigenvalue weighted by Crippen LogP contribution is 2.07. The summed E-state index contributed by atoms with van der Waals surface area (Å²) in [5.74, 6) is 0.732. The van der Waals surface area contributed by atoms with Crippen LogP contribution in [-0.4, -0.2) is 11.0 Å². The fourth-order valence-electron chi connectivity index (χ4n) is 1.59. The lowest BCUT2D eigenvalue weighted by Crippen LogP contribution is -2.26. The molecule has 1 rings (SSSR count). The first-order valence-corrected chi connectivity index (χ1v) is 5.79. The monoisotopic (exact) mass is 226 g/mol. The maximum Gasteiger partial charge on any atom is 0.129 e. The van der Waals surface area contributed by atoms with Gasteiger partial charge in [0.15, 0.2) is 0 Å². The van der Waals surface area contributed by atoms with Crippen molar-refractivity contribution in [3.05, 3.63) is 29.0 Å². The van der Waals surface area contributed by atoms with Gasteiger partial charge in [0.25, 0.3) is 0 Å². The van der Waals surface area contributed by atoms with Gasteiger partial charge >= 0.3 is 0 Å². The molecule has 2 nitrogen and oxygen atoms in total. The van der Waals surface area contributed by atoms with Gasteiger partial charge in [-0.25, -0.2) is 4.98 Å². The molecule has 15 heavy (non-hydrogen) atoms. The van der Waals surface area contributed by atoms with E-state index >= 15 is 0 Å². The van der Waals surface area contributed by atoms with Crippen LogP contribution < -0.4 is 5.32 Å². The maximum atomic E-state index is 5.71. The van der Waals surface area contributed by atoms with Crippen LogP contribution in [0.25, 0.3) is 0 Å². The molecule has 0 radical (unpaired) electrons. The largest absolute Gasteiger partial charge is 0.310 e. The van der Waals surface area contributed by atoms with E-state index in [4.69, 9.17) is 11.6 Å². The van der Waals surface area contributed by atoms with Gasteiger partial charge in [-0.2, -0.15) is 0 Å².